The van der Waals surface area contributed by atoms with Crippen molar-refractivity contribution in [2.45, 2.75) is 52.0 Å². The van der Waals surface area contributed by atoms with Gasteiger partial charge in [-0.3, -0.25) is 9.36 Å². The van der Waals surface area contributed by atoms with E-state index in [1.165, 1.54) is 12.8 Å². The summed E-state index contributed by atoms with van der Waals surface area (Å²) in [6, 6.07) is 5.53. The predicted octanol–water partition coefficient (Wildman–Crippen LogP) is 5.26. The summed E-state index contributed by atoms with van der Waals surface area (Å²) in [5.74, 6) is 1.35. The molecule has 0 amide bonds. The molecule has 1 aliphatic heterocycles. The monoisotopic (exact) mass is 431 g/mol. The van der Waals surface area contributed by atoms with Crippen LogP contribution in [0.15, 0.2) is 23.0 Å². The van der Waals surface area contributed by atoms with Gasteiger partial charge in [-0.25, -0.2) is 4.98 Å². The first kappa shape index (κ1) is 20.3. The maximum absolute atomic E-state index is 13.2. The molecule has 152 valence electrons. The number of hydrogen-bond donors (Lipinski definition) is 0. The standard InChI is InChI=1S/C22H25Cl2N4O/c1-14-20(27-12-10-22(11-13-27)9-5-8-18(22)25-3)26-15(2)28(21(14)29)17-7-4-6-16(23)19(17)24/h3-4,6-7,18H,5,8-13H2,1-2H3/q+1/t18-/m0/s1. The quantitative estimate of drug-likeness (QED) is 0.651. The Morgan fingerprint density at radius 1 is 1.21 bits per heavy atom. The molecule has 7 heteroatoms. The molecule has 0 bridgehead atoms. The third kappa shape index (κ3) is 3.33. The molecule has 29 heavy (non-hydrogen) atoms. The minimum absolute atomic E-state index is 0.118. The fraction of sp³-hybridized carbons (Fsp3) is 0.500. The van der Waals surface area contributed by atoms with Gasteiger partial charge in [-0.15, -0.1) is 0 Å². The summed E-state index contributed by atoms with van der Waals surface area (Å²) in [6.45, 7) is 11.1. The van der Waals surface area contributed by atoms with E-state index in [-0.39, 0.29) is 17.0 Å². The molecule has 2 aliphatic rings. The summed E-state index contributed by atoms with van der Waals surface area (Å²) in [7, 11) is 0. The van der Waals surface area contributed by atoms with Crippen molar-refractivity contribution >= 4 is 29.0 Å². The molecule has 5 nitrogen and oxygen atoms in total. The summed E-state index contributed by atoms with van der Waals surface area (Å²) < 4.78 is 1.54. The molecule has 0 radical (unpaired) electrons. The normalized spacial score (nSPS) is 20.8. The van der Waals surface area contributed by atoms with Crippen LogP contribution in [-0.2, 0) is 0 Å². The first-order valence-electron chi connectivity index (χ1n) is 10.1. The van der Waals surface area contributed by atoms with Gasteiger partial charge in [0, 0.05) is 19.5 Å². The molecule has 1 atom stereocenters. The highest BCUT2D eigenvalue weighted by molar-refractivity contribution is 6.43. The lowest BCUT2D eigenvalue weighted by atomic mass is 9.74. The number of halogens is 2. The van der Waals surface area contributed by atoms with Crippen LogP contribution in [0.2, 0.25) is 10.0 Å². The number of anilines is 1. The minimum atomic E-state index is -0.118. The third-order valence-corrected chi connectivity index (χ3v) is 7.53. The molecule has 1 saturated heterocycles. The van der Waals surface area contributed by atoms with E-state index in [2.05, 4.69) is 9.74 Å². The van der Waals surface area contributed by atoms with Crippen LogP contribution in [0.5, 0.6) is 0 Å². The van der Waals surface area contributed by atoms with E-state index in [0.717, 1.165) is 38.2 Å². The lowest BCUT2D eigenvalue weighted by molar-refractivity contribution is 0.216. The molecule has 2 heterocycles. The molecule has 0 N–H and O–H groups in total. The molecular weight excluding hydrogens is 407 g/mol. The van der Waals surface area contributed by atoms with Gasteiger partial charge in [0.05, 0.1) is 26.7 Å². The van der Waals surface area contributed by atoms with Crippen LogP contribution in [-0.4, -0.2) is 28.7 Å². The van der Waals surface area contributed by atoms with Crippen molar-refractivity contribution in [3.63, 3.8) is 0 Å². The van der Waals surface area contributed by atoms with E-state index >= 15 is 0 Å². The fourth-order valence-corrected chi connectivity index (χ4v) is 5.43. The van der Waals surface area contributed by atoms with Gasteiger partial charge >= 0.3 is 0 Å². The molecule has 1 aromatic carbocycles. The van der Waals surface area contributed by atoms with E-state index < -0.39 is 0 Å². The third-order valence-electron chi connectivity index (χ3n) is 6.72. The lowest BCUT2D eigenvalue weighted by Crippen LogP contribution is -2.44. The van der Waals surface area contributed by atoms with Gasteiger partial charge in [0.2, 0.25) is 0 Å². The van der Waals surface area contributed by atoms with E-state index in [4.69, 9.17) is 34.8 Å². The highest BCUT2D eigenvalue weighted by atomic mass is 35.5. The van der Waals surface area contributed by atoms with Gasteiger partial charge in [-0.2, -0.15) is 0 Å². The fourth-order valence-electron chi connectivity index (χ4n) is 5.05. The van der Waals surface area contributed by atoms with Crippen LogP contribution < -0.4 is 10.5 Å². The molecule has 1 saturated carbocycles. The average Bonchev–Trinajstić information content (AvgIpc) is 3.11. The van der Waals surface area contributed by atoms with E-state index in [0.29, 0.717) is 27.1 Å². The number of aromatic nitrogens is 2. The average molecular weight is 432 g/mol. The van der Waals surface area contributed by atoms with Crippen LogP contribution in [0.4, 0.5) is 5.82 Å². The Bertz CT molecular complexity index is 1050. The Kier molecular flexibility index (Phi) is 5.35. The van der Waals surface area contributed by atoms with Gasteiger partial charge in [0.15, 0.2) is 0 Å². The van der Waals surface area contributed by atoms with E-state index in [1.54, 1.807) is 22.8 Å². The molecule has 1 aromatic heterocycles. The Morgan fingerprint density at radius 2 is 1.93 bits per heavy atom. The van der Waals surface area contributed by atoms with Gasteiger partial charge in [0.25, 0.3) is 18.2 Å². The maximum Gasteiger partial charge on any atom is 0.277 e. The highest BCUT2D eigenvalue weighted by Gasteiger charge is 2.51. The lowest BCUT2D eigenvalue weighted by Gasteiger charge is -2.39. The largest absolute Gasteiger partial charge is 0.356 e. The second kappa shape index (κ2) is 7.66. The summed E-state index contributed by atoms with van der Waals surface area (Å²) in [4.78, 5) is 24.4. The van der Waals surface area contributed by atoms with Gasteiger partial charge in [-0.1, -0.05) is 34.1 Å². The molecular formula is C22H25Cl2N4O+. The molecule has 1 spiro atoms. The summed E-state index contributed by atoms with van der Waals surface area (Å²) in [6.07, 6.45) is 5.53. The molecule has 0 unspecified atom stereocenters. The number of hydrogen-bond acceptors (Lipinski definition) is 3. The van der Waals surface area contributed by atoms with Crippen LogP contribution in [0.1, 0.15) is 43.5 Å². The Labute approximate surface area is 181 Å². The maximum atomic E-state index is 13.2. The zero-order valence-corrected chi connectivity index (χ0v) is 18.3. The van der Waals surface area contributed by atoms with Crippen LogP contribution >= 0.6 is 23.2 Å². The number of rotatable bonds is 2. The number of piperidine rings is 1. The zero-order chi connectivity index (χ0) is 20.8. The SMILES string of the molecule is C#[N+][C@H]1CCCC12CCN(c1nc(C)n(-c3cccc(Cl)c3Cl)c(=O)c1C)CC2. The highest BCUT2D eigenvalue weighted by Crippen LogP contribution is 2.48. The number of nitrogens with zero attached hydrogens (tertiary/aromatic N) is 4. The van der Waals surface area contributed by atoms with Crippen LogP contribution in [0, 0.1) is 25.8 Å². The topological polar surface area (TPSA) is 42.5 Å². The number of aryl methyl sites for hydroxylation is 1. The van der Waals surface area contributed by atoms with Crippen molar-refractivity contribution in [3.8, 4) is 12.3 Å². The Hall–Kier alpha value is -2.03. The summed E-state index contributed by atoms with van der Waals surface area (Å²) in [5.41, 5.74) is 1.28. The van der Waals surface area contributed by atoms with Crippen molar-refractivity contribution in [1.82, 2.24) is 9.55 Å². The summed E-state index contributed by atoms with van der Waals surface area (Å²) in [5, 5.41) is 0.765. The molecule has 1 aliphatic carbocycles. The first-order chi connectivity index (χ1) is 13.9. The Balaban J connectivity index is 1.67. The van der Waals surface area contributed by atoms with Crippen molar-refractivity contribution in [2.75, 3.05) is 18.0 Å². The minimum Gasteiger partial charge on any atom is -0.356 e. The van der Waals surface area contributed by atoms with E-state index in [1.807, 2.05) is 13.8 Å². The van der Waals surface area contributed by atoms with Crippen molar-refractivity contribution < 1.29 is 0 Å². The first-order valence-corrected chi connectivity index (χ1v) is 10.8. The van der Waals surface area contributed by atoms with Crippen molar-refractivity contribution in [1.29, 1.82) is 0 Å². The number of benzene rings is 1. The van der Waals surface area contributed by atoms with Crippen molar-refractivity contribution in [2.24, 2.45) is 5.41 Å². The predicted molar refractivity (Wildman–Crippen MR) is 119 cm³/mol. The van der Waals surface area contributed by atoms with Crippen molar-refractivity contribution in [3.05, 3.63) is 54.8 Å². The smallest absolute Gasteiger partial charge is 0.277 e. The molecule has 2 aromatic rings. The van der Waals surface area contributed by atoms with Crippen LogP contribution in [0.3, 0.4) is 0 Å². The second-order valence-electron chi connectivity index (χ2n) is 8.23. The van der Waals surface area contributed by atoms with Gasteiger partial charge < -0.3 is 4.90 Å². The van der Waals surface area contributed by atoms with Gasteiger partial charge in [0.1, 0.15) is 11.6 Å². The molecule has 2 fully saturated rings. The molecule has 4 rings (SSSR count). The summed E-state index contributed by atoms with van der Waals surface area (Å²) >= 11 is 12.5. The van der Waals surface area contributed by atoms with Gasteiger partial charge in [-0.05, 0) is 51.7 Å². The van der Waals surface area contributed by atoms with Crippen LogP contribution in [0.25, 0.3) is 10.5 Å². The zero-order valence-electron chi connectivity index (χ0n) is 16.8. The second-order valence-corrected chi connectivity index (χ2v) is 9.01. The van der Waals surface area contributed by atoms with E-state index in [9.17, 15) is 4.79 Å². The Morgan fingerprint density at radius 3 is 2.62 bits per heavy atom.